The van der Waals surface area contributed by atoms with Crippen molar-refractivity contribution in [1.82, 2.24) is 10.2 Å². The van der Waals surface area contributed by atoms with Gasteiger partial charge in [-0.25, -0.2) is 0 Å². The van der Waals surface area contributed by atoms with Crippen molar-refractivity contribution < 1.29 is 0 Å². The lowest BCUT2D eigenvalue weighted by Gasteiger charge is -2.33. The molecule has 0 aliphatic carbocycles. The van der Waals surface area contributed by atoms with Crippen molar-refractivity contribution in [3.05, 3.63) is 0 Å². The van der Waals surface area contributed by atoms with Crippen molar-refractivity contribution in [1.29, 1.82) is 0 Å². The first kappa shape index (κ1) is 18.9. The van der Waals surface area contributed by atoms with Gasteiger partial charge in [0.25, 0.3) is 0 Å². The third kappa shape index (κ3) is 10.4. The van der Waals surface area contributed by atoms with Crippen molar-refractivity contribution in [2.45, 2.75) is 85.7 Å². The van der Waals surface area contributed by atoms with Gasteiger partial charge in [0, 0.05) is 12.1 Å². The van der Waals surface area contributed by atoms with E-state index in [1.807, 2.05) is 0 Å². The number of unbranched alkanes of at least 4 members (excludes halogenated alkanes) is 2. The summed E-state index contributed by atoms with van der Waals surface area (Å²) in [7, 11) is 0. The van der Waals surface area contributed by atoms with E-state index in [1.54, 1.807) is 0 Å². The normalized spacial score (nSPS) is 13.7. The molecule has 0 fully saturated rings. The lowest BCUT2D eigenvalue weighted by atomic mass is 10.1. The molecule has 19 heavy (non-hydrogen) atoms. The molecule has 0 aliphatic heterocycles. The molecule has 116 valence electrons. The average molecular weight is 271 g/mol. The highest BCUT2D eigenvalue weighted by atomic mass is 15.2. The van der Waals surface area contributed by atoms with E-state index in [9.17, 15) is 0 Å². The van der Waals surface area contributed by atoms with Crippen LogP contribution in [-0.2, 0) is 0 Å². The van der Waals surface area contributed by atoms with Gasteiger partial charge in [0.15, 0.2) is 0 Å². The van der Waals surface area contributed by atoms with Crippen molar-refractivity contribution in [2.24, 2.45) is 5.92 Å². The average Bonchev–Trinajstić information content (AvgIpc) is 2.33. The SMILES string of the molecule is CCCCCN(C(C)C)C(C)CCCNCC(C)C. The molecule has 1 unspecified atom stereocenters. The van der Waals surface area contributed by atoms with Gasteiger partial charge < -0.3 is 5.32 Å². The van der Waals surface area contributed by atoms with Crippen LogP contribution in [0.5, 0.6) is 0 Å². The summed E-state index contributed by atoms with van der Waals surface area (Å²) in [6.07, 6.45) is 6.65. The molecule has 0 aromatic heterocycles. The van der Waals surface area contributed by atoms with Crippen LogP contribution in [0.25, 0.3) is 0 Å². The summed E-state index contributed by atoms with van der Waals surface area (Å²) < 4.78 is 0. The first-order valence-corrected chi connectivity index (χ1v) is 8.45. The van der Waals surface area contributed by atoms with Gasteiger partial charge in [-0.1, -0.05) is 33.6 Å². The van der Waals surface area contributed by atoms with Gasteiger partial charge in [-0.3, -0.25) is 4.90 Å². The van der Waals surface area contributed by atoms with E-state index >= 15 is 0 Å². The van der Waals surface area contributed by atoms with Crippen LogP contribution in [0.1, 0.15) is 73.6 Å². The van der Waals surface area contributed by atoms with Crippen LogP contribution in [0.15, 0.2) is 0 Å². The zero-order valence-electron chi connectivity index (χ0n) is 14.3. The van der Waals surface area contributed by atoms with Gasteiger partial charge in [-0.05, 0) is 65.6 Å². The van der Waals surface area contributed by atoms with Crippen molar-refractivity contribution in [3.8, 4) is 0 Å². The molecule has 0 bridgehead atoms. The number of nitrogens with one attached hydrogen (secondary N) is 1. The summed E-state index contributed by atoms with van der Waals surface area (Å²) in [5.41, 5.74) is 0. The predicted octanol–water partition coefficient (Wildman–Crippen LogP) is 4.30. The Kier molecular flexibility index (Phi) is 11.7. The van der Waals surface area contributed by atoms with E-state index in [-0.39, 0.29) is 0 Å². The third-order valence-electron chi connectivity index (χ3n) is 3.78. The number of hydrogen-bond donors (Lipinski definition) is 1. The molecular formula is C17H38N2. The molecule has 1 N–H and O–H groups in total. The summed E-state index contributed by atoms with van der Waals surface area (Å²) in [6.45, 7) is 17.5. The van der Waals surface area contributed by atoms with Gasteiger partial charge in [0.2, 0.25) is 0 Å². The maximum absolute atomic E-state index is 3.54. The Morgan fingerprint density at radius 1 is 0.947 bits per heavy atom. The van der Waals surface area contributed by atoms with Crippen molar-refractivity contribution >= 4 is 0 Å². The fraction of sp³-hybridized carbons (Fsp3) is 1.00. The highest BCUT2D eigenvalue weighted by Crippen LogP contribution is 2.12. The van der Waals surface area contributed by atoms with E-state index in [0.717, 1.165) is 18.5 Å². The van der Waals surface area contributed by atoms with E-state index in [0.29, 0.717) is 6.04 Å². The summed E-state index contributed by atoms with van der Waals surface area (Å²) in [5.74, 6) is 0.763. The summed E-state index contributed by atoms with van der Waals surface area (Å²) in [5, 5.41) is 3.54. The quantitative estimate of drug-likeness (QED) is 0.532. The largest absolute Gasteiger partial charge is 0.316 e. The Balaban J connectivity index is 3.81. The molecule has 0 aliphatic rings. The standard InChI is InChI=1S/C17H38N2/c1-7-8-9-13-19(16(4)5)17(6)11-10-12-18-14-15(2)3/h15-18H,7-14H2,1-6H3. The van der Waals surface area contributed by atoms with E-state index in [4.69, 9.17) is 0 Å². The first-order chi connectivity index (χ1) is 8.99. The molecule has 0 saturated carbocycles. The van der Waals surface area contributed by atoms with E-state index in [1.165, 1.54) is 45.2 Å². The summed E-state index contributed by atoms with van der Waals surface area (Å²) in [4.78, 5) is 2.68. The maximum atomic E-state index is 3.54. The second-order valence-electron chi connectivity index (χ2n) is 6.63. The Bertz CT molecular complexity index is 190. The van der Waals surface area contributed by atoms with E-state index < -0.39 is 0 Å². The minimum atomic E-state index is 0.676. The van der Waals surface area contributed by atoms with Crippen molar-refractivity contribution in [2.75, 3.05) is 19.6 Å². The van der Waals surface area contributed by atoms with Gasteiger partial charge in [-0.15, -0.1) is 0 Å². The number of nitrogens with zero attached hydrogens (tertiary/aromatic N) is 1. The fourth-order valence-corrected chi connectivity index (χ4v) is 2.61. The van der Waals surface area contributed by atoms with Gasteiger partial charge in [0.05, 0.1) is 0 Å². The summed E-state index contributed by atoms with van der Waals surface area (Å²) in [6, 6.07) is 1.40. The summed E-state index contributed by atoms with van der Waals surface area (Å²) >= 11 is 0. The number of hydrogen-bond acceptors (Lipinski definition) is 2. The molecule has 0 aromatic carbocycles. The molecule has 0 heterocycles. The molecule has 0 amide bonds. The molecule has 2 nitrogen and oxygen atoms in total. The van der Waals surface area contributed by atoms with Gasteiger partial charge in [-0.2, -0.15) is 0 Å². The Morgan fingerprint density at radius 2 is 1.63 bits per heavy atom. The lowest BCUT2D eigenvalue weighted by Crippen LogP contribution is -2.39. The van der Waals surface area contributed by atoms with Crippen LogP contribution in [0.2, 0.25) is 0 Å². The number of rotatable bonds is 12. The van der Waals surface area contributed by atoms with Crippen molar-refractivity contribution in [3.63, 3.8) is 0 Å². The Morgan fingerprint density at radius 3 is 2.16 bits per heavy atom. The molecule has 0 saturated heterocycles. The predicted molar refractivity (Wildman–Crippen MR) is 87.8 cm³/mol. The van der Waals surface area contributed by atoms with Gasteiger partial charge in [0.1, 0.15) is 0 Å². The zero-order chi connectivity index (χ0) is 14.7. The third-order valence-corrected chi connectivity index (χ3v) is 3.78. The van der Waals surface area contributed by atoms with Crippen LogP contribution in [0, 0.1) is 5.92 Å². The topological polar surface area (TPSA) is 15.3 Å². The van der Waals surface area contributed by atoms with Crippen LogP contribution in [0.3, 0.4) is 0 Å². The molecular weight excluding hydrogens is 232 g/mol. The lowest BCUT2D eigenvalue weighted by molar-refractivity contribution is 0.151. The smallest absolute Gasteiger partial charge is 0.00701 e. The highest BCUT2D eigenvalue weighted by Gasteiger charge is 2.15. The second-order valence-corrected chi connectivity index (χ2v) is 6.63. The van der Waals surface area contributed by atoms with Gasteiger partial charge >= 0.3 is 0 Å². The van der Waals surface area contributed by atoms with Crippen LogP contribution in [-0.4, -0.2) is 36.6 Å². The van der Waals surface area contributed by atoms with Crippen LogP contribution < -0.4 is 5.32 Å². The second kappa shape index (κ2) is 11.7. The molecule has 1 atom stereocenters. The van der Waals surface area contributed by atoms with Crippen LogP contribution in [0.4, 0.5) is 0 Å². The zero-order valence-corrected chi connectivity index (χ0v) is 14.3. The maximum Gasteiger partial charge on any atom is 0.00701 e. The Labute approximate surface area is 122 Å². The fourth-order valence-electron chi connectivity index (χ4n) is 2.61. The monoisotopic (exact) mass is 270 g/mol. The first-order valence-electron chi connectivity index (χ1n) is 8.45. The molecule has 0 aromatic rings. The Hall–Kier alpha value is -0.0800. The minimum absolute atomic E-state index is 0.676. The minimum Gasteiger partial charge on any atom is -0.316 e. The molecule has 0 spiro atoms. The molecule has 0 radical (unpaired) electrons. The highest BCUT2D eigenvalue weighted by molar-refractivity contribution is 4.71. The van der Waals surface area contributed by atoms with Crippen LogP contribution >= 0.6 is 0 Å². The van der Waals surface area contributed by atoms with E-state index in [2.05, 4.69) is 51.8 Å². The molecule has 2 heteroatoms. The molecule has 0 rings (SSSR count).